The van der Waals surface area contributed by atoms with Crippen LogP contribution in [0.2, 0.25) is 0 Å². The number of hydrogen-bond acceptors (Lipinski definition) is 3. The zero-order valence-electron chi connectivity index (χ0n) is 8.05. The molecule has 0 radical (unpaired) electrons. The Balaban J connectivity index is 2.01. The molecule has 0 atom stereocenters. The van der Waals surface area contributed by atoms with E-state index < -0.39 is 0 Å². The average Bonchev–Trinajstić information content (AvgIpc) is 2.58. The van der Waals surface area contributed by atoms with Gasteiger partial charge in [0.1, 0.15) is 0 Å². The van der Waals surface area contributed by atoms with Gasteiger partial charge in [-0.3, -0.25) is 0 Å². The molecule has 1 aromatic rings. The lowest BCUT2D eigenvalue weighted by Gasteiger charge is -2.03. The second kappa shape index (κ2) is 7.17. The van der Waals surface area contributed by atoms with Gasteiger partial charge >= 0.3 is 0 Å². The summed E-state index contributed by atoms with van der Waals surface area (Å²) in [5, 5.41) is 8.71. The summed E-state index contributed by atoms with van der Waals surface area (Å²) in [6.45, 7) is 7.45. The lowest BCUT2D eigenvalue weighted by atomic mass is 10.4. The lowest BCUT2D eigenvalue weighted by Crippen LogP contribution is -2.26. The van der Waals surface area contributed by atoms with Gasteiger partial charge in [-0.15, -0.1) is 17.9 Å². The number of hydrogen-bond donors (Lipinski definition) is 2. The summed E-state index contributed by atoms with van der Waals surface area (Å²) < 4.78 is 1.17. The van der Waals surface area contributed by atoms with Gasteiger partial charge in [-0.05, 0) is 22.0 Å². The fourth-order valence-corrected chi connectivity index (χ4v) is 2.46. The lowest BCUT2D eigenvalue weighted by molar-refractivity contribution is 0.639. The van der Waals surface area contributed by atoms with Gasteiger partial charge in [0.25, 0.3) is 0 Å². The molecule has 14 heavy (non-hydrogen) atoms. The van der Waals surface area contributed by atoms with Gasteiger partial charge in [0.2, 0.25) is 0 Å². The van der Waals surface area contributed by atoms with Crippen LogP contribution in [0.1, 0.15) is 4.88 Å². The van der Waals surface area contributed by atoms with Crippen LogP contribution in [0.5, 0.6) is 0 Å². The summed E-state index contributed by atoms with van der Waals surface area (Å²) in [4.78, 5) is 1.36. The van der Waals surface area contributed by atoms with Crippen molar-refractivity contribution in [3.63, 3.8) is 0 Å². The van der Waals surface area contributed by atoms with E-state index in [0.29, 0.717) is 0 Å². The first kappa shape index (κ1) is 11.9. The van der Waals surface area contributed by atoms with E-state index in [-0.39, 0.29) is 0 Å². The Hall–Kier alpha value is -0.160. The van der Waals surface area contributed by atoms with Crippen molar-refractivity contribution in [3.05, 3.63) is 33.5 Å². The highest BCUT2D eigenvalue weighted by Gasteiger charge is 1.95. The Morgan fingerprint density at radius 3 is 2.86 bits per heavy atom. The SMILES string of the molecule is C=CCNCCNCc1cc(Br)cs1. The maximum absolute atomic E-state index is 3.64. The highest BCUT2D eigenvalue weighted by atomic mass is 79.9. The van der Waals surface area contributed by atoms with E-state index in [2.05, 4.69) is 44.6 Å². The van der Waals surface area contributed by atoms with Crippen molar-refractivity contribution in [1.29, 1.82) is 0 Å². The number of nitrogens with one attached hydrogen (secondary N) is 2. The van der Waals surface area contributed by atoms with Gasteiger partial charge in [0.15, 0.2) is 0 Å². The van der Waals surface area contributed by atoms with Gasteiger partial charge in [-0.25, -0.2) is 0 Å². The Morgan fingerprint density at radius 1 is 1.43 bits per heavy atom. The predicted octanol–water partition coefficient (Wildman–Crippen LogP) is 2.38. The van der Waals surface area contributed by atoms with Crippen molar-refractivity contribution >= 4 is 27.3 Å². The van der Waals surface area contributed by atoms with Crippen molar-refractivity contribution in [3.8, 4) is 0 Å². The molecule has 0 aromatic carbocycles. The third-order valence-corrected chi connectivity index (χ3v) is 3.39. The summed E-state index contributed by atoms with van der Waals surface area (Å²) in [6.07, 6.45) is 1.87. The molecule has 0 saturated carbocycles. The quantitative estimate of drug-likeness (QED) is 0.589. The summed E-state index contributed by atoms with van der Waals surface area (Å²) in [7, 11) is 0. The molecule has 1 heterocycles. The molecule has 4 heteroatoms. The second-order valence-electron chi connectivity index (χ2n) is 2.90. The van der Waals surface area contributed by atoms with Crippen LogP contribution in [0.25, 0.3) is 0 Å². The molecule has 2 nitrogen and oxygen atoms in total. The van der Waals surface area contributed by atoms with Crippen molar-refractivity contribution in [2.45, 2.75) is 6.54 Å². The van der Waals surface area contributed by atoms with Crippen LogP contribution >= 0.6 is 27.3 Å². The molecular weight excluding hydrogens is 260 g/mol. The fourth-order valence-electron chi connectivity index (χ4n) is 1.04. The molecule has 0 amide bonds. The van der Waals surface area contributed by atoms with Crippen LogP contribution in [0, 0.1) is 0 Å². The molecule has 0 aliphatic heterocycles. The van der Waals surface area contributed by atoms with Crippen LogP contribution in [0.15, 0.2) is 28.6 Å². The Kier molecular flexibility index (Phi) is 6.10. The van der Waals surface area contributed by atoms with Crippen LogP contribution < -0.4 is 10.6 Å². The standard InChI is InChI=1S/C10H15BrN2S/c1-2-3-12-4-5-13-7-10-6-9(11)8-14-10/h2,6,8,12-13H,1,3-5,7H2. The molecule has 0 unspecified atom stereocenters. The number of rotatable bonds is 7. The topological polar surface area (TPSA) is 24.1 Å². The van der Waals surface area contributed by atoms with E-state index in [1.165, 1.54) is 9.35 Å². The monoisotopic (exact) mass is 274 g/mol. The van der Waals surface area contributed by atoms with Crippen molar-refractivity contribution in [2.75, 3.05) is 19.6 Å². The van der Waals surface area contributed by atoms with Gasteiger partial charge < -0.3 is 10.6 Å². The molecule has 0 saturated heterocycles. The first-order chi connectivity index (χ1) is 6.83. The molecule has 0 fully saturated rings. The summed E-state index contributed by atoms with van der Waals surface area (Å²) >= 11 is 5.21. The highest BCUT2D eigenvalue weighted by Crippen LogP contribution is 2.19. The molecule has 1 rings (SSSR count). The summed E-state index contributed by atoms with van der Waals surface area (Å²) in [6, 6.07) is 2.15. The van der Waals surface area contributed by atoms with E-state index in [1.54, 1.807) is 11.3 Å². The molecule has 0 aliphatic carbocycles. The molecule has 0 bridgehead atoms. The molecule has 2 N–H and O–H groups in total. The van der Waals surface area contributed by atoms with Crippen molar-refractivity contribution < 1.29 is 0 Å². The minimum absolute atomic E-state index is 0.881. The van der Waals surface area contributed by atoms with E-state index in [1.807, 2.05) is 6.08 Å². The van der Waals surface area contributed by atoms with Crippen molar-refractivity contribution in [1.82, 2.24) is 10.6 Å². The van der Waals surface area contributed by atoms with Crippen LogP contribution in [0.4, 0.5) is 0 Å². The van der Waals surface area contributed by atoms with Gasteiger partial charge in [0, 0.05) is 40.9 Å². The summed E-state index contributed by atoms with van der Waals surface area (Å²) in [5.74, 6) is 0. The molecular formula is C10H15BrN2S. The first-order valence-corrected chi connectivity index (χ1v) is 6.25. The largest absolute Gasteiger partial charge is 0.312 e. The first-order valence-electron chi connectivity index (χ1n) is 4.58. The van der Waals surface area contributed by atoms with Crippen molar-refractivity contribution in [2.24, 2.45) is 0 Å². The second-order valence-corrected chi connectivity index (χ2v) is 4.81. The van der Waals surface area contributed by atoms with Crippen LogP contribution in [-0.4, -0.2) is 19.6 Å². The van der Waals surface area contributed by atoms with Crippen LogP contribution in [0.3, 0.4) is 0 Å². The molecule has 0 aliphatic rings. The zero-order valence-corrected chi connectivity index (χ0v) is 10.5. The predicted molar refractivity (Wildman–Crippen MR) is 66.8 cm³/mol. The Labute approximate surface area is 97.5 Å². The van der Waals surface area contributed by atoms with E-state index in [4.69, 9.17) is 0 Å². The Bertz CT molecular complexity index is 273. The fraction of sp³-hybridized carbons (Fsp3) is 0.400. The van der Waals surface area contributed by atoms with E-state index in [9.17, 15) is 0 Å². The number of halogens is 1. The third-order valence-electron chi connectivity index (χ3n) is 1.69. The highest BCUT2D eigenvalue weighted by molar-refractivity contribution is 9.10. The smallest absolute Gasteiger partial charge is 0.0300 e. The molecule has 78 valence electrons. The molecule has 0 spiro atoms. The number of thiophene rings is 1. The Morgan fingerprint density at radius 2 is 2.21 bits per heavy atom. The minimum Gasteiger partial charge on any atom is -0.312 e. The minimum atomic E-state index is 0.881. The van der Waals surface area contributed by atoms with E-state index in [0.717, 1.165) is 26.2 Å². The van der Waals surface area contributed by atoms with Crippen LogP contribution in [-0.2, 0) is 6.54 Å². The zero-order chi connectivity index (χ0) is 10.2. The molecule has 1 aromatic heterocycles. The maximum atomic E-state index is 3.64. The van der Waals surface area contributed by atoms with Gasteiger partial charge in [-0.1, -0.05) is 6.08 Å². The van der Waals surface area contributed by atoms with E-state index >= 15 is 0 Å². The average molecular weight is 275 g/mol. The third kappa shape index (κ3) is 4.91. The normalized spacial score (nSPS) is 10.4. The maximum Gasteiger partial charge on any atom is 0.0300 e. The summed E-state index contributed by atoms with van der Waals surface area (Å²) in [5.41, 5.74) is 0. The van der Waals surface area contributed by atoms with Gasteiger partial charge in [0.05, 0.1) is 0 Å². The van der Waals surface area contributed by atoms with Gasteiger partial charge in [-0.2, -0.15) is 0 Å².